The molecule has 4 aliphatic heterocycles. The highest BCUT2D eigenvalue weighted by Crippen LogP contribution is 2.44. The number of hydrogen-bond acceptors (Lipinski definition) is 3. The number of para-hydroxylation sites is 2. The molecule has 1 atom stereocenters. The lowest BCUT2D eigenvalue weighted by molar-refractivity contribution is -0.929. The van der Waals surface area contributed by atoms with E-state index in [1.807, 2.05) is 48.5 Å². The van der Waals surface area contributed by atoms with Crippen molar-refractivity contribution in [2.24, 2.45) is 11.8 Å². The van der Waals surface area contributed by atoms with Gasteiger partial charge in [-0.05, 0) is 18.1 Å². The monoisotopic (exact) mass is 364 g/mol. The van der Waals surface area contributed by atoms with Crippen molar-refractivity contribution < 1.29 is 18.8 Å². The number of nitrogens with zero attached hydrogens (tertiary/aromatic N) is 1. The van der Waals surface area contributed by atoms with Crippen LogP contribution in [-0.4, -0.2) is 43.7 Å². The molecule has 0 spiro atoms. The third-order valence-corrected chi connectivity index (χ3v) is 6.78. The van der Waals surface area contributed by atoms with Gasteiger partial charge in [0.2, 0.25) is 0 Å². The zero-order chi connectivity index (χ0) is 18.4. The van der Waals surface area contributed by atoms with E-state index in [2.05, 4.69) is 7.05 Å². The molecular formula is C23H26NO3+. The van der Waals surface area contributed by atoms with Crippen LogP contribution in [0.3, 0.4) is 0 Å². The molecule has 0 N–H and O–H groups in total. The van der Waals surface area contributed by atoms with Gasteiger partial charge in [-0.3, -0.25) is 4.79 Å². The molecule has 0 aromatic heterocycles. The van der Waals surface area contributed by atoms with E-state index in [9.17, 15) is 4.79 Å². The Kier molecular flexibility index (Phi) is 3.97. The lowest BCUT2D eigenvalue weighted by atomic mass is 9.78. The van der Waals surface area contributed by atoms with Gasteiger partial charge in [0.05, 0.1) is 33.3 Å². The van der Waals surface area contributed by atoms with E-state index < -0.39 is 5.92 Å². The number of carbonyl (C=O) groups is 1. The SMILES string of the molecule is C[N+]12CCC(CC1)C(COC(=O)C1c3ccccc3Oc3ccccc31)C2. The van der Waals surface area contributed by atoms with Crippen LogP contribution in [0, 0.1) is 11.8 Å². The van der Waals surface area contributed by atoms with Crippen molar-refractivity contribution in [3.05, 3.63) is 59.7 Å². The molecule has 4 heterocycles. The second-order valence-electron chi connectivity index (χ2n) is 8.59. The van der Waals surface area contributed by atoms with Crippen LogP contribution < -0.4 is 4.74 Å². The second kappa shape index (κ2) is 6.38. The molecule has 4 aliphatic rings. The highest BCUT2D eigenvalue weighted by Gasteiger charge is 2.44. The van der Waals surface area contributed by atoms with E-state index in [4.69, 9.17) is 9.47 Å². The first-order valence-corrected chi connectivity index (χ1v) is 9.99. The van der Waals surface area contributed by atoms with E-state index in [1.165, 1.54) is 25.9 Å². The fraction of sp³-hybridized carbons (Fsp3) is 0.435. The largest absolute Gasteiger partial charge is 0.464 e. The van der Waals surface area contributed by atoms with Crippen LogP contribution >= 0.6 is 0 Å². The summed E-state index contributed by atoms with van der Waals surface area (Å²) in [6.45, 7) is 4.23. The normalized spacial score (nSPS) is 28.8. The van der Waals surface area contributed by atoms with E-state index in [-0.39, 0.29) is 5.97 Å². The van der Waals surface area contributed by atoms with Gasteiger partial charge >= 0.3 is 5.97 Å². The zero-order valence-electron chi connectivity index (χ0n) is 15.8. The predicted octanol–water partition coefficient (Wildman–Crippen LogP) is 3.95. The van der Waals surface area contributed by atoms with Crippen LogP contribution in [0.2, 0.25) is 0 Å². The summed E-state index contributed by atoms with van der Waals surface area (Å²) in [4.78, 5) is 13.2. The van der Waals surface area contributed by atoms with Gasteiger partial charge in [0.25, 0.3) is 0 Å². The van der Waals surface area contributed by atoms with E-state index in [1.54, 1.807) is 0 Å². The minimum absolute atomic E-state index is 0.155. The lowest BCUT2D eigenvalue weighted by Gasteiger charge is -2.50. The maximum absolute atomic E-state index is 13.2. The molecule has 3 fully saturated rings. The van der Waals surface area contributed by atoms with Gasteiger partial charge in [-0.2, -0.15) is 0 Å². The van der Waals surface area contributed by atoms with Crippen LogP contribution in [0.15, 0.2) is 48.5 Å². The summed E-state index contributed by atoms with van der Waals surface area (Å²) in [6, 6.07) is 15.6. The minimum Gasteiger partial charge on any atom is -0.464 e. The third-order valence-electron chi connectivity index (χ3n) is 6.78. The topological polar surface area (TPSA) is 35.5 Å². The summed E-state index contributed by atoms with van der Waals surface area (Å²) in [5.74, 6) is 2.14. The number of quaternary nitrogens is 1. The summed E-state index contributed by atoms with van der Waals surface area (Å²) in [5.41, 5.74) is 1.79. The molecule has 4 nitrogen and oxygen atoms in total. The number of ether oxygens (including phenoxy) is 2. The Morgan fingerprint density at radius 2 is 1.63 bits per heavy atom. The molecule has 0 aliphatic carbocycles. The molecule has 2 aromatic rings. The molecule has 6 rings (SSSR count). The van der Waals surface area contributed by atoms with Crippen molar-refractivity contribution in [1.29, 1.82) is 0 Å². The van der Waals surface area contributed by atoms with Crippen LogP contribution in [-0.2, 0) is 9.53 Å². The summed E-state index contributed by atoms with van der Waals surface area (Å²) in [6.07, 6.45) is 2.53. The number of hydrogen-bond donors (Lipinski definition) is 0. The number of piperidine rings is 3. The first-order valence-electron chi connectivity index (χ1n) is 9.99. The summed E-state index contributed by atoms with van der Waals surface area (Å²) in [7, 11) is 2.34. The fourth-order valence-electron chi connectivity index (χ4n) is 5.21. The second-order valence-corrected chi connectivity index (χ2v) is 8.59. The van der Waals surface area contributed by atoms with Crippen LogP contribution in [0.4, 0.5) is 0 Å². The Morgan fingerprint density at radius 1 is 1.04 bits per heavy atom. The van der Waals surface area contributed by atoms with Gasteiger partial charge in [-0.1, -0.05) is 36.4 Å². The first kappa shape index (κ1) is 16.8. The van der Waals surface area contributed by atoms with E-state index in [0.29, 0.717) is 18.4 Å². The van der Waals surface area contributed by atoms with Crippen molar-refractivity contribution in [3.8, 4) is 11.5 Å². The van der Waals surface area contributed by atoms with Gasteiger partial charge in [0.1, 0.15) is 17.4 Å². The molecular weight excluding hydrogens is 338 g/mol. The van der Waals surface area contributed by atoms with Crippen molar-refractivity contribution in [2.45, 2.75) is 18.8 Å². The Balaban J connectivity index is 1.37. The predicted molar refractivity (Wildman–Crippen MR) is 103 cm³/mol. The highest BCUT2D eigenvalue weighted by atomic mass is 16.5. The quantitative estimate of drug-likeness (QED) is 0.611. The molecule has 0 radical (unpaired) electrons. The van der Waals surface area contributed by atoms with Crippen molar-refractivity contribution in [3.63, 3.8) is 0 Å². The van der Waals surface area contributed by atoms with Gasteiger partial charge in [0.15, 0.2) is 0 Å². The number of fused-ring (bicyclic) bond motifs is 5. The molecule has 2 bridgehead atoms. The zero-order valence-corrected chi connectivity index (χ0v) is 15.8. The standard InChI is InChI=1S/C23H26NO3/c1-24-12-10-16(11-13-24)17(14-24)15-26-23(25)22-18-6-2-4-8-20(18)27-21-9-5-3-7-19(21)22/h2-9,16-17,22H,10-15H2,1H3/q+1. The Morgan fingerprint density at radius 3 is 2.22 bits per heavy atom. The third kappa shape index (κ3) is 2.92. The number of rotatable bonds is 3. The summed E-state index contributed by atoms with van der Waals surface area (Å²) in [5, 5.41) is 0. The van der Waals surface area contributed by atoms with Gasteiger partial charge < -0.3 is 14.0 Å². The summed E-state index contributed by atoms with van der Waals surface area (Å²) < 4.78 is 13.1. The fourth-order valence-corrected chi connectivity index (χ4v) is 5.21. The minimum atomic E-state index is -0.406. The van der Waals surface area contributed by atoms with Crippen molar-refractivity contribution in [1.82, 2.24) is 0 Å². The molecule has 3 saturated heterocycles. The lowest BCUT2D eigenvalue weighted by Crippen LogP contribution is -2.60. The Bertz CT molecular complexity index is 824. The van der Waals surface area contributed by atoms with Crippen LogP contribution in [0.25, 0.3) is 0 Å². The van der Waals surface area contributed by atoms with Crippen molar-refractivity contribution >= 4 is 5.97 Å². The van der Waals surface area contributed by atoms with Crippen LogP contribution in [0.5, 0.6) is 11.5 Å². The average Bonchev–Trinajstić information content (AvgIpc) is 2.70. The summed E-state index contributed by atoms with van der Waals surface area (Å²) >= 11 is 0. The van der Waals surface area contributed by atoms with E-state index in [0.717, 1.165) is 33.7 Å². The molecule has 27 heavy (non-hydrogen) atoms. The van der Waals surface area contributed by atoms with Crippen LogP contribution in [0.1, 0.15) is 29.9 Å². The first-order chi connectivity index (χ1) is 13.1. The Hall–Kier alpha value is -2.33. The maximum atomic E-state index is 13.2. The highest BCUT2D eigenvalue weighted by molar-refractivity contribution is 5.85. The number of benzene rings is 2. The molecule has 140 valence electrons. The average molecular weight is 364 g/mol. The number of esters is 1. The number of carbonyl (C=O) groups excluding carboxylic acids is 1. The Labute approximate surface area is 160 Å². The van der Waals surface area contributed by atoms with Gasteiger partial charge in [-0.25, -0.2) is 0 Å². The molecule has 2 aromatic carbocycles. The molecule has 0 saturated carbocycles. The smallest absolute Gasteiger partial charge is 0.318 e. The molecule has 4 heteroatoms. The molecule has 0 amide bonds. The molecule has 1 unspecified atom stereocenters. The maximum Gasteiger partial charge on any atom is 0.318 e. The van der Waals surface area contributed by atoms with Gasteiger partial charge in [-0.15, -0.1) is 0 Å². The van der Waals surface area contributed by atoms with E-state index >= 15 is 0 Å². The van der Waals surface area contributed by atoms with Gasteiger partial charge in [0, 0.05) is 29.9 Å². The van der Waals surface area contributed by atoms with Crippen molar-refractivity contribution in [2.75, 3.05) is 33.3 Å².